The minimum atomic E-state index is -0.607. The molecule has 0 radical (unpaired) electrons. The number of rotatable bonds is 4. The fourth-order valence-corrected chi connectivity index (χ4v) is 1.27. The molecule has 0 spiro atoms. The number of esters is 1. The van der Waals surface area contributed by atoms with Crippen LogP contribution >= 0.6 is 0 Å². The maximum absolute atomic E-state index is 11.7. The summed E-state index contributed by atoms with van der Waals surface area (Å²) in [7, 11) is 0. The van der Waals surface area contributed by atoms with Gasteiger partial charge in [-0.3, -0.25) is 9.59 Å². The molecule has 0 bridgehead atoms. The van der Waals surface area contributed by atoms with Crippen molar-refractivity contribution in [2.45, 2.75) is 53.6 Å². The van der Waals surface area contributed by atoms with E-state index >= 15 is 0 Å². The Kier molecular flexibility index (Phi) is 4.98. The first-order valence-electron chi connectivity index (χ1n) is 5.37. The van der Waals surface area contributed by atoms with Crippen LogP contribution in [0, 0.1) is 11.8 Å². The minimum absolute atomic E-state index is 0.113. The Morgan fingerprint density at radius 3 is 1.93 bits per heavy atom. The molecule has 3 heteroatoms. The van der Waals surface area contributed by atoms with Crippen LogP contribution in [-0.2, 0) is 14.3 Å². The third kappa shape index (κ3) is 6.26. The molecule has 0 aliphatic carbocycles. The van der Waals surface area contributed by atoms with Crippen LogP contribution in [0.2, 0.25) is 0 Å². The van der Waals surface area contributed by atoms with E-state index in [1.165, 1.54) is 6.92 Å². The van der Waals surface area contributed by atoms with Gasteiger partial charge in [-0.25, -0.2) is 0 Å². The second-order valence-corrected chi connectivity index (χ2v) is 5.33. The predicted octanol–water partition coefficient (Wildman–Crippen LogP) is 2.58. The smallest absolute Gasteiger partial charge is 0.316 e. The quantitative estimate of drug-likeness (QED) is 0.533. The van der Waals surface area contributed by atoms with Gasteiger partial charge < -0.3 is 4.74 Å². The summed E-state index contributed by atoms with van der Waals surface area (Å²) in [6, 6.07) is 0. The summed E-state index contributed by atoms with van der Waals surface area (Å²) in [5, 5.41) is 0. The third-order valence-electron chi connectivity index (χ3n) is 1.89. The normalized spacial score (nSPS) is 13.8. The lowest BCUT2D eigenvalue weighted by Crippen LogP contribution is -2.32. The topological polar surface area (TPSA) is 43.4 Å². The highest BCUT2D eigenvalue weighted by molar-refractivity contribution is 5.97. The third-order valence-corrected chi connectivity index (χ3v) is 1.89. The van der Waals surface area contributed by atoms with Crippen LogP contribution in [0.4, 0.5) is 0 Å². The van der Waals surface area contributed by atoms with Gasteiger partial charge in [0.25, 0.3) is 0 Å². The second kappa shape index (κ2) is 5.29. The van der Waals surface area contributed by atoms with E-state index < -0.39 is 17.5 Å². The Morgan fingerprint density at radius 2 is 1.67 bits per heavy atom. The largest absolute Gasteiger partial charge is 0.459 e. The second-order valence-electron chi connectivity index (χ2n) is 5.33. The van der Waals surface area contributed by atoms with Crippen molar-refractivity contribution in [3.63, 3.8) is 0 Å². The van der Waals surface area contributed by atoms with Gasteiger partial charge in [0, 0.05) is 0 Å². The van der Waals surface area contributed by atoms with Crippen LogP contribution in [0.25, 0.3) is 0 Å². The molecule has 0 aromatic heterocycles. The molecule has 88 valence electrons. The maximum atomic E-state index is 11.7. The van der Waals surface area contributed by atoms with E-state index in [-0.39, 0.29) is 5.78 Å². The first kappa shape index (κ1) is 14.1. The summed E-state index contributed by atoms with van der Waals surface area (Å²) in [6.07, 6.45) is 0.560. The van der Waals surface area contributed by atoms with Gasteiger partial charge in [0.2, 0.25) is 0 Å². The molecule has 0 aromatic carbocycles. The predicted molar refractivity (Wildman–Crippen MR) is 59.5 cm³/mol. The van der Waals surface area contributed by atoms with Crippen LogP contribution in [0.15, 0.2) is 0 Å². The van der Waals surface area contributed by atoms with Crippen molar-refractivity contribution in [3.05, 3.63) is 0 Å². The zero-order valence-corrected chi connectivity index (χ0v) is 10.6. The summed E-state index contributed by atoms with van der Waals surface area (Å²) < 4.78 is 5.20. The number of hydrogen-bond acceptors (Lipinski definition) is 3. The zero-order chi connectivity index (χ0) is 12.2. The van der Waals surface area contributed by atoms with Crippen LogP contribution < -0.4 is 0 Å². The molecule has 0 aliphatic heterocycles. The first-order chi connectivity index (χ1) is 6.63. The number of carbonyl (C=O) groups is 2. The van der Waals surface area contributed by atoms with Gasteiger partial charge in [-0.05, 0) is 40.0 Å². The summed E-state index contributed by atoms with van der Waals surface area (Å²) in [5.41, 5.74) is -0.526. The number of hydrogen-bond donors (Lipinski definition) is 0. The van der Waals surface area contributed by atoms with E-state index in [0.29, 0.717) is 12.3 Å². The molecule has 3 nitrogen and oxygen atoms in total. The Morgan fingerprint density at radius 1 is 1.20 bits per heavy atom. The highest BCUT2D eigenvalue weighted by Crippen LogP contribution is 2.18. The fourth-order valence-electron chi connectivity index (χ4n) is 1.27. The van der Waals surface area contributed by atoms with Gasteiger partial charge in [-0.1, -0.05) is 13.8 Å². The lowest BCUT2D eigenvalue weighted by Gasteiger charge is -2.23. The molecule has 1 atom stereocenters. The van der Waals surface area contributed by atoms with Gasteiger partial charge in [0.15, 0.2) is 0 Å². The van der Waals surface area contributed by atoms with E-state index in [1.54, 1.807) is 20.8 Å². The molecule has 0 fully saturated rings. The lowest BCUT2D eigenvalue weighted by molar-refractivity contribution is -0.162. The molecule has 0 saturated carbocycles. The molecule has 0 heterocycles. The summed E-state index contributed by atoms with van der Waals surface area (Å²) in [6.45, 7) is 10.8. The molecule has 0 aliphatic rings. The van der Waals surface area contributed by atoms with Crippen LogP contribution in [0.5, 0.6) is 0 Å². The van der Waals surface area contributed by atoms with E-state index in [2.05, 4.69) is 0 Å². The van der Waals surface area contributed by atoms with E-state index in [4.69, 9.17) is 4.74 Å². The standard InChI is InChI=1S/C12H22O3/c1-8(2)7-10(9(3)13)11(14)15-12(4,5)6/h8,10H,7H2,1-6H3. The fraction of sp³-hybridized carbons (Fsp3) is 0.833. The minimum Gasteiger partial charge on any atom is -0.459 e. The Balaban J connectivity index is 4.50. The maximum Gasteiger partial charge on any atom is 0.316 e. The van der Waals surface area contributed by atoms with Gasteiger partial charge >= 0.3 is 5.97 Å². The van der Waals surface area contributed by atoms with E-state index in [0.717, 1.165) is 0 Å². The van der Waals surface area contributed by atoms with Crippen molar-refractivity contribution in [2.75, 3.05) is 0 Å². The number of Topliss-reactive ketones (excluding diaryl/α,β-unsaturated/α-hetero) is 1. The van der Waals surface area contributed by atoms with Crippen molar-refractivity contribution in [1.82, 2.24) is 0 Å². The van der Waals surface area contributed by atoms with Crippen LogP contribution in [-0.4, -0.2) is 17.4 Å². The van der Waals surface area contributed by atoms with Crippen LogP contribution in [0.3, 0.4) is 0 Å². The van der Waals surface area contributed by atoms with Gasteiger partial charge in [-0.2, -0.15) is 0 Å². The monoisotopic (exact) mass is 214 g/mol. The number of ether oxygens (including phenoxy) is 1. The molecule has 0 aromatic rings. The van der Waals surface area contributed by atoms with Gasteiger partial charge in [0.05, 0.1) is 0 Å². The van der Waals surface area contributed by atoms with Crippen LogP contribution in [0.1, 0.15) is 48.0 Å². The summed E-state index contributed by atoms with van der Waals surface area (Å²) in [5.74, 6) is -0.808. The zero-order valence-electron chi connectivity index (χ0n) is 10.6. The molecule has 0 saturated heterocycles. The Hall–Kier alpha value is -0.860. The van der Waals surface area contributed by atoms with Crippen molar-refractivity contribution < 1.29 is 14.3 Å². The van der Waals surface area contributed by atoms with Gasteiger partial charge in [-0.15, -0.1) is 0 Å². The molecule has 15 heavy (non-hydrogen) atoms. The SMILES string of the molecule is CC(=O)C(CC(C)C)C(=O)OC(C)(C)C. The molecule has 0 rings (SSSR count). The first-order valence-corrected chi connectivity index (χ1v) is 5.37. The highest BCUT2D eigenvalue weighted by atomic mass is 16.6. The van der Waals surface area contributed by atoms with Gasteiger partial charge in [0.1, 0.15) is 17.3 Å². The van der Waals surface area contributed by atoms with E-state index in [1.807, 2.05) is 13.8 Å². The van der Waals surface area contributed by atoms with Crippen molar-refractivity contribution in [1.29, 1.82) is 0 Å². The average molecular weight is 214 g/mol. The molecule has 0 N–H and O–H groups in total. The highest BCUT2D eigenvalue weighted by Gasteiger charge is 2.29. The Bertz CT molecular complexity index is 236. The lowest BCUT2D eigenvalue weighted by atomic mass is 9.94. The summed E-state index contributed by atoms with van der Waals surface area (Å²) in [4.78, 5) is 23.0. The molecular weight excluding hydrogens is 192 g/mol. The molecule has 0 amide bonds. The van der Waals surface area contributed by atoms with Crippen molar-refractivity contribution in [2.24, 2.45) is 11.8 Å². The number of carbonyl (C=O) groups excluding carboxylic acids is 2. The van der Waals surface area contributed by atoms with Crippen molar-refractivity contribution >= 4 is 11.8 Å². The van der Waals surface area contributed by atoms with E-state index in [9.17, 15) is 9.59 Å². The Labute approximate surface area is 92.2 Å². The van der Waals surface area contributed by atoms with Crippen molar-refractivity contribution in [3.8, 4) is 0 Å². The molecule has 1 unspecified atom stereocenters. The molecular formula is C12H22O3. The number of ketones is 1. The average Bonchev–Trinajstić information content (AvgIpc) is 1.95. The summed E-state index contributed by atoms with van der Waals surface area (Å²) >= 11 is 0.